The Hall–Kier alpha value is -1.01. The van der Waals surface area contributed by atoms with Crippen LogP contribution in [0.4, 0.5) is 0 Å². The highest BCUT2D eigenvalue weighted by Crippen LogP contribution is 2.40. The fraction of sp³-hybridized carbons (Fsp3) is 0.750. The molecule has 2 aliphatic rings. The van der Waals surface area contributed by atoms with Crippen molar-refractivity contribution < 1.29 is 0 Å². The summed E-state index contributed by atoms with van der Waals surface area (Å²) in [5, 5.41) is 18.1. The molecule has 3 heterocycles. The van der Waals surface area contributed by atoms with E-state index in [1.165, 1.54) is 25.7 Å². The van der Waals surface area contributed by atoms with Crippen LogP contribution >= 0.6 is 11.3 Å². The third-order valence-corrected chi connectivity index (χ3v) is 5.21. The first-order valence-corrected chi connectivity index (χ1v) is 7.56. The predicted octanol–water partition coefficient (Wildman–Crippen LogP) is 2.05. The summed E-state index contributed by atoms with van der Waals surface area (Å²) in [5.74, 6) is 1.66. The highest BCUT2D eigenvalue weighted by Gasteiger charge is 2.35. The molecule has 1 aliphatic heterocycles. The van der Waals surface area contributed by atoms with E-state index in [-0.39, 0.29) is 5.54 Å². The van der Waals surface area contributed by atoms with Crippen molar-refractivity contribution in [3.63, 3.8) is 0 Å². The van der Waals surface area contributed by atoms with Crippen LogP contribution in [0.2, 0.25) is 0 Å². The molecule has 2 aromatic rings. The molecule has 5 nitrogen and oxygen atoms in total. The largest absolute Gasteiger partial charge is 0.306 e. The van der Waals surface area contributed by atoms with Gasteiger partial charge in [0.1, 0.15) is 5.01 Å². The number of nitrogens with zero attached hydrogens (tertiary/aromatic N) is 4. The Morgan fingerprint density at radius 2 is 2.22 bits per heavy atom. The molecule has 2 fully saturated rings. The molecular weight excluding hydrogens is 246 g/mol. The van der Waals surface area contributed by atoms with Crippen molar-refractivity contribution in [2.75, 3.05) is 6.54 Å². The maximum Gasteiger partial charge on any atom is 0.234 e. The van der Waals surface area contributed by atoms with Crippen LogP contribution in [-0.4, -0.2) is 26.4 Å². The molecule has 1 saturated carbocycles. The summed E-state index contributed by atoms with van der Waals surface area (Å²) >= 11 is 1.68. The van der Waals surface area contributed by atoms with Crippen LogP contribution < -0.4 is 5.32 Å². The third kappa shape index (κ3) is 1.59. The van der Waals surface area contributed by atoms with Gasteiger partial charge in [0, 0.05) is 5.92 Å². The van der Waals surface area contributed by atoms with Crippen LogP contribution in [0.3, 0.4) is 0 Å². The Balaban J connectivity index is 1.76. The molecule has 0 amide bonds. The van der Waals surface area contributed by atoms with E-state index in [0.29, 0.717) is 5.92 Å². The number of piperidine rings is 1. The topological polar surface area (TPSA) is 55.1 Å². The molecule has 0 spiro atoms. The molecule has 1 unspecified atom stereocenters. The fourth-order valence-electron chi connectivity index (χ4n) is 2.69. The first kappa shape index (κ1) is 10.9. The summed E-state index contributed by atoms with van der Waals surface area (Å²) in [4.78, 5) is 0.945. The molecule has 2 aromatic heterocycles. The van der Waals surface area contributed by atoms with E-state index < -0.39 is 0 Å². The quantitative estimate of drug-likeness (QED) is 0.901. The summed E-state index contributed by atoms with van der Waals surface area (Å²) in [6.45, 7) is 3.35. The minimum atomic E-state index is 0.0322. The number of fused-ring (bicyclic) bond motifs is 1. The Morgan fingerprint density at radius 3 is 2.94 bits per heavy atom. The SMILES string of the molecule is CC1(c2nn3c(C4CC4)nnc3s2)CCCCN1. The van der Waals surface area contributed by atoms with Gasteiger partial charge in [-0.1, -0.05) is 11.3 Å². The van der Waals surface area contributed by atoms with Gasteiger partial charge in [0.25, 0.3) is 0 Å². The molecule has 1 aliphatic carbocycles. The predicted molar refractivity (Wildman–Crippen MR) is 69.8 cm³/mol. The van der Waals surface area contributed by atoms with Gasteiger partial charge in [0.05, 0.1) is 5.54 Å². The molecule has 6 heteroatoms. The minimum absolute atomic E-state index is 0.0322. The van der Waals surface area contributed by atoms with E-state index in [4.69, 9.17) is 5.10 Å². The van der Waals surface area contributed by atoms with Gasteiger partial charge in [-0.15, -0.1) is 10.2 Å². The van der Waals surface area contributed by atoms with Crippen LogP contribution in [0.15, 0.2) is 0 Å². The molecule has 4 rings (SSSR count). The Bertz CT molecular complexity index is 576. The maximum absolute atomic E-state index is 4.78. The van der Waals surface area contributed by atoms with Crippen LogP contribution in [0.5, 0.6) is 0 Å². The second-order valence-electron chi connectivity index (χ2n) is 5.65. The normalized spacial score (nSPS) is 28.9. The Labute approximate surface area is 110 Å². The maximum atomic E-state index is 4.78. The lowest BCUT2D eigenvalue weighted by Crippen LogP contribution is -2.43. The van der Waals surface area contributed by atoms with Gasteiger partial charge in [-0.3, -0.25) is 0 Å². The van der Waals surface area contributed by atoms with E-state index >= 15 is 0 Å². The molecule has 1 atom stereocenters. The van der Waals surface area contributed by atoms with Crippen molar-refractivity contribution in [3.05, 3.63) is 10.8 Å². The van der Waals surface area contributed by atoms with Crippen molar-refractivity contribution in [1.29, 1.82) is 0 Å². The number of rotatable bonds is 2. The highest BCUT2D eigenvalue weighted by molar-refractivity contribution is 7.16. The summed E-state index contributed by atoms with van der Waals surface area (Å²) < 4.78 is 1.97. The Morgan fingerprint density at radius 1 is 1.33 bits per heavy atom. The van der Waals surface area contributed by atoms with Gasteiger partial charge in [0.2, 0.25) is 4.96 Å². The number of hydrogen-bond acceptors (Lipinski definition) is 5. The smallest absolute Gasteiger partial charge is 0.234 e. The zero-order chi connectivity index (χ0) is 12.2. The third-order valence-electron chi connectivity index (χ3n) is 4.05. The first-order valence-electron chi connectivity index (χ1n) is 6.74. The van der Waals surface area contributed by atoms with E-state index in [9.17, 15) is 0 Å². The van der Waals surface area contributed by atoms with E-state index in [0.717, 1.165) is 28.8 Å². The van der Waals surface area contributed by atoms with Crippen molar-refractivity contribution in [3.8, 4) is 0 Å². The zero-order valence-electron chi connectivity index (χ0n) is 10.5. The fourth-order valence-corrected chi connectivity index (χ4v) is 3.69. The van der Waals surface area contributed by atoms with Gasteiger partial charge in [-0.05, 0) is 45.6 Å². The molecule has 1 N–H and O–H groups in total. The van der Waals surface area contributed by atoms with Gasteiger partial charge >= 0.3 is 0 Å². The van der Waals surface area contributed by atoms with Crippen LogP contribution in [-0.2, 0) is 5.54 Å². The number of aromatic nitrogens is 4. The molecule has 0 aromatic carbocycles. The van der Waals surface area contributed by atoms with Crippen molar-refractivity contribution >= 4 is 16.3 Å². The number of nitrogens with one attached hydrogen (secondary N) is 1. The lowest BCUT2D eigenvalue weighted by atomic mass is 9.92. The summed E-state index contributed by atoms with van der Waals surface area (Å²) in [7, 11) is 0. The van der Waals surface area contributed by atoms with Crippen molar-refractivity contribution in [2.45, 2.75) is 50.5 Å². The lowest BCUT2D eigenvalue weighted by Gasteiger charge is -2.32. The molecule has 96 valence electrons. The van der Waals surface area contributed by atoms with Crippen molar-refractivity contribution in [1.82, 2.24) is 25.1 Å². The first-order chi connectivity index (χ1) is 8.76. The average Bonchev–Trinajstić information content (AvgIpc) is 2.99. The molecule has 0 radical (unpaired) electrons. The van der Waals surface area contributed by atoms with E-state index in [1.807, 2.05) is 4.52 Å². The summed E-state index contributed by atoms with van der Waals surface area (Å²) in [6, 6.07) is 0. The van der Waals surface area contributed by atoms with Gasteiger partial charge in [-0.2, -0.15) is 9.61 Å². The second kappa shape index (κ2) is 3.74. The van der Waals surface area contributed by atoms with Crippen LogP contribution in [0.25, 0.3) is 4.96 Å². The molecular formula is C12H17N5S. The monoisotopic (exact) mass is 263 g/mol. The second-order valence-corrected chi connectivity index (χ2v) is 6.61. The Kier molecular flexibility index (Phi) is 2.26. The van der Waals surface area contributed by atoms with E-state index in [1.54, 1.807) is 11.3 Å². The standard InChI is InChI=1S/C12H17N5S/c1-12(6-2-3-7-13-12)10-16-17-9(8-4-5-8)14-15-11(17)18-10/h8,13H,2-7H2,1H3. The van der Waals surface area contributed by atoms with Gasteiger partial charge in [-0.25, -0.2) is 0 Å². The lowest BCUT2D eigenvalue weighted by molar-refractivity contribution is 0.280. The summed E-state index contributed by atoms with van der Waals surface area (Å²) in [5.41, 5.74) is 0.0322. The van der Waals surface area contributed by atoms with E-state index in [2.05, 4.69) is 22.4 Å². The molecule has 18 heavy (non-hydrogen) atoms. The minimum Gasteiger partial charge on any atom is -0.306 e. The van der Waals surface area contributed by atoms with Crippen LogP contribution in [0, 0.1) is 0 Å². The van der Waals surface area contributed by atoms with Crippen LogP contribution in [0.1, 0.15) is 55.8 Å². The number of hydrogen-bond donors (Lipinski definition) is 1. The van der Waals surface area contributed by atoms with Gasteiger partial charge < -0.3 is 5.32 Å². The van der Waals surface area contributed by atoms with Gasteiger partial charge in [0.15, 0.2) is 5.82 Å². The summed E-state index contributed by atoms with van der Waals surface area (Å²) in [6.07, 6.45) is 6.19. The molecule has 0 bridgehead atoms. The van der Waals surface area contributed by atoms with Crippen molar-refractivity contribution in [2.24, 2.45) is 0 Å². The average molecular weight is 263 g/mol. The zero-order valence-corrected chi connectivity index (χ0v) is 11.3. The highest BCUT2D eigenvalue weighted by atomic mass is 32.1. The molecule has 1 saturated heterocycles.